The lowest BCUT2D eigenvalue weighted by atomic mass is 9.96. The van der Waals surface area contributed by atoms with Crippen LogP contribution in [0.4, 0.5) is 10.3 Å². The van der Waals surface area contributed by atoms with Gasteiger partial charge >= 0.3 is 13.7 Å². The number of ether oxygens (including phenoxy) is 2. The van der Waals surface area contributed by atoms with Crippen LogP contribution in [0.3, 0.4) is 0 Å². The van der Waals surface area contributed by atoms with Gasteiger partial charge in [0.15, 0.2) is 11.9 Å². The van der Waals surface area contributed by atoms with Crippen molar-refractivity contribution in [1.29, 1.82) is 0 Å². The molecule has 1 aliphatic heterocycles. The van der Waals surface area contributed by atoms with Gasteiger partial charge < -0.3 is 24.8 Å². The van der Waals surface area contributed by atoms with Crippen LogP contribution in [0.25, 0.3) is 11.2 Å². The predicted molar refractivity (Wildman–Crippen MR) is 141 cm³/mol. The highest BCUT2D eigenvalue weighted by Crippen LogP contribution is 2.48. The van der Waals surface area contributed by atoms with Crippen molar-refractivity contribution in [3.8, 4) is 17.6 Å². The normalized spacial score (nSPS) is 24.7. The van der Waals surface area contributed by atoms with Crippen LogP contribution < -0.4 is 15.3 Å². The second-order valence-corrected chi connectivity index (χ2v) is 10.9. The number of fused-ring (bicyclic) bond motifs is 1. The summed E-state index contributed by atoms with van der Waals surface area (Å²) in [4.78, 5) is 24.5. The largest absolute Gasteiger partial charge is 0.462 e. The minimum atomic E-state index is -4.31. The second-order valence-electron chi connectivity index (χ2n) is 9.24. The summed E-state index contributed by atoms with van der Waals surface area (Å²) in [7, 11) is -4.31. The molecule has 40 heavy (non-hydrogen) atoms. The molecule has 13 nitrogen and oxygen atoms in total. The summed E-state index contributed by atoms with van der Waals surface area (Å²) < 4.78 is 53.6. The third-order valence-electron chi connectivity index (χ3n) is 5.78. The topological polar surface area (TPSA) is 173 Å². The highest BCUT2D eigenvalue weighted by atomic mass is 31.2. The van der Waals surface area contributed by atoms with Gasteiger partial charge in [-0.3, -0.25) is 13.9 Å². The van der Waals surface area contributed by atoms with Crippen LogP contribution in [0.2, 0.25) is 0 Å². The van der Waals surface area contributed by atoms with Gasteiger partial charge in [0.1, 0.15) is 29.5 Å². The van der Waals surface area contributed by atoms with E-state index < -0.39 is 56.6 Å². The number of halogens is 1. The van der Waals surface area contributed by atoms with Gasteiger partial charge in [-0.05, 0) is 39.8 Å². The monoisotopic (exact) mass is 576 g/mol. The number of hydrogen-bond acceptors (Lipinski definition) is 11. The third-order valence-corrected chi connectivity index (χ3v) is 7.43. The van der Waals surface area contributed by atoms with E-state index in [4.69, 9.17) is 24.3 Å². The molecule has 0 spiro atoms. The first kappa shape index (κ1) is 29.4. The number of nitrogens with two attached hydrogens (primary N) is 1. The van der Waals surface area contributed by atoms with Crippen LogP contribution in [-0.2, 0) is 23.4 Å². The Kier molecular flexibility index (Phi) is 8.72. The maximum Gasteiger partial charge on any atom is 0.459 e. The molecule has 4 rings (SSSR count). The highest BCUT2D eigenvalue weighted by molar-refractivity contribution is 7.52. The molecule has 0 amide bonds. The Morgan fingerprint density at radius 1 is 1.32 bits per heavy atom. The van der Waals surface area contributed by atoms with Crippen LogP contribution in [-0.4, -0.2) is 67.2 Å². The Morgan fingerprint density at radius 3 is 2.73 bits per heavy atom. The summed E-state index contributed by atoms with van der Waals surface area (Å²) >= 11 is 0. The molecule has 3 aromatic rings. The number of aliphatic hydroxyl groups excluding tert-OH is 1. The fourth-order valence-electron chi connectivity index (χ4n) is 4.00. The molecule has 0 radical (unpaired) electrons. The molecule has 1 aromatic carbocycles. The van der Waals surface area contributed by atoms with Gasteiger partial charge in [-0.25, -0.2) is 18.9 Å². The highest BCUT2D eigenvalue weighted by Gasteiger charge is 2.58. The molecule has 3 heterocycles. The molecular weight excluding hydrogens is 546 g/mol. The summed E-state index contributed by atoms with van der Waals surface area (Å²) in [5.74, 6) is 4.25. The fourth-order valence-corrected chi connectivity index (χ4v) is 5.50. The van der Waals surface area contributed by atoms with E-state index in [0.717, 1.165) is 0 Å². The molecule has 3 unspecified atom stereocenters. The van der Waals surface area contributed by atoms with Crippen molar-refractivity contribution < 1.29 is 37.4 Å². The molecule has 214 valence electrons. The van der Waals surface area contributed by atoms with Gasteiger partial charge in [0.25, 0.3) is 0 Å². The minimum absolute atomic E-state index is 0.0751. The number of alkyl halides is 1. The number of hydrogen-bond donors (Lipinski definition) is 3. The molecule has 1 fully saturated rings. The van der Waals surface area contributed by atoms with E-state index in [-0.39, 0.29) is 17.3 Å². The summed E-state index contributed by atoms with van der Waals surface area (Å²) in [6.07, 6.45) is -2.54. The number of aromatic nitrogens is 4. The van der Waals surface area contributed by atoms with E-state index >= 15 is 4.39 Å². The number of nitrogens with zero attached hydrogens (tertiary/aromatic N) is 4. The average Bonchev–Trinajstić information content (AvgIpc) is 3.41. The number of para-hydroxylation sites is 1. The van der Waals surface area contributed by atoms with Crippen molar-refractivity contribution in [3.05, 3.63) is 42.9 Å². The van der Waals surface area contributed by atoms with Gasteiger partial charge in [0.05, 0.1) is 25.2 Å². The average molecular weight is 577 g/mol. The van der Waals surface area contributed by atoms with Crippen LogP contribution in [0, 0.1) is 11.8 Å². The number of anilines is 1. The molecule has 4 N–H and O–H groups in total. The van der Waals surface area contributed by atoms with E-state index in [1.807, 2.05) is 0 Å². The van der Waals surface area contributed by atoms with Gasteiger partial charge in [-0.15, -0.1) is 5.92 Å². The van der Waals surface area contributed by atoms with Crippen molar-refractivity contribution in [2.45, 2.75) is 63.9 Å². The first-order valence-electron chi connectivity index (χ1n) is 12.3. The van der Waals surface area contributed by atoms with Gasteiger partial charge in [-0.2, -0.15) is 10.1 Å². The van der Waals surface area contributed by atoms with Crippen molar-refractivity contribution in [2.24, 2.45) is 0 Å². The number of aliphatic hydroxyl groups is 1. The maximum atomic E-state index is 16.3. The van der Waals surface area contributed by atoms with Crippen molar-refractivity contribution >= 4 is 30.8 Å². The van der Waals surface area contributed by atoms with Gasteiger partial charge in [-0.1, -0.05) is 24.1 Å². The van der Waals surface area contributed by atoms with Crippen molar-refractivity contribution in [2.75, 3.05) is 12.3 Å². The van der Waals surface area contributed by atoms with Crippen LogP contribution >= 0.6 is 7.75 Å². The molecule has 1 aliphatic rings. The molecule has 2 aromatic heterocycles. The standard InChI is InChI=1S/C25H30FN6O7P/c1-5-11-25(26)20(33)19(38-23(25)32-14-29-18-12-28-24(27)30-21(18)32)13-36-40(35,39-17-9-7-6-8-10-17)31-16(4)22(34)37-15(2)3/h6-10,12,14-16,19-20,23,33H,13H2,1-4H3,(H,31,35)(H2,27,28,30)/t16?,19-,20?,23-,25-,40?/m1/s1. The minimum Gasteiger partial charge on any atom is -0.462 e. The Bertz CT molecular complexity index is 1460. The number of carbonyl (C=O) groups is 1. The molecule has 15 heteroatoms. The fraction of sp³-hybridized carbons (Fsp3) is 0.440. The van der Waals surface area contributed by atoms with E-state index in [9.17, 15) is 14.5 Å². The van der Waals surface area contributed by atoms with E-state index in [0.29, 0.717) is 5.52 Å². The summed E-state index contributed by atoms with van der Waals surface area (Å²) in [6.45, 7) is 5.56. The number of esters is 1. The van der Waals surface area contributed by atoms with Gasteiger partial charge in [0.2, 0.25) is 11.6 Å². The molecule has 6 atom stereocenters. The molecule has 0 aliphatic carbocycles. The first-order valence-corrected chi connectivity index (χ1v) is 13.9. The summed E-state index contributed by atoms with van der Waals surface area (Å²) in [5.41, 5.74) is 3.53. The molecule has 0 saturated carbocycles. The molecular formula is C25H30FN6O7P. The van der Waals surface area contributed by atoms with Gasteiger partial charge in [0, 0.05) is 0 Å². The quantitative estimate of drug-likeness (QED) is 0.183. The third kappa shape index (κ3) is 6.24. The van der Waals surface area contributed by atoms with E-state index in [2.05, 4.69) is 31.9 Å². The smallest absolute Gasteiger partial charge is 0.459 e. The lowest BCUT2D eigenvalue weighted by Gasteiger charge is -2.25. The SMILES string of the molecule is CC#C[C@@]1(F)C(O)[C@@H](COP(=O)(NC(C)C(=O)OC(C)C)Oc2ccccc2)O[C@H]1n1cnc2cnc(N)nc21. The second kappa shape index (κ2) is 11.9. The number of imidazole rings is 1. The summed E-state index contributed by atoms with van der Waals surface area (Å²) in [6, 6.07) is 6.99. The zero-order valence-electron chi connectivity index (χ0n) is 22.2. The predicted octanol–water partition coefficient (Wildman–Crippen LogP) is 2.53. The van der Waals surface area contributed by atoms with E-state index in [1.54, 1.807) is 32.0 Å². The van der Waals surface area contributed by atoms with Crippen molar-refractivity contribution in [3.63, 3.8) is 0 Å². The van der Waals surface area contributed by atoms with Crippen LogP contribution in [0.15, 0.2) is 42.9 Å². The number of rotatable bonds is 10. The lowest BCUT2D eigenvalue weighted by Crippen LogP contribution is -2.42. The zero-order valence-corrected chi connectivity index (χ0v) is 23.1. The van der Waals surface area contributed by atoms with Crippen molar-refractivity contribution in [1.82, 2.24) is 24.6 Å². The Balaban J connectivity index is 1.59. The Morgan fingerprint density at radius 2 is 2.05 bits per heavy atom. The summed E-state index contributed by atoms with van der Waals surface area (Å²) in [5, 5.41) is 13.5. The van der Waals surface area contributed by atoms with Crippen LogP contribution in [0.1, 0.15) is 33.9 Å². The molecule has 1 saturated heterocycles. The lowest BCUT2D eigenvalue weighted by molar-refractivity contribution is -0.149. The first-order chi connectivity index (χ1) is 19.0. The number of nitrogens with one attached hydrogen (secondary N) is 1. The molecule has 0 bridgehead atoms. The number of carbonyl (C=O) groups excluding carboxylic acids is 1. The zero-order chi connectivity index (χ0) is 29.1. The Hall–Kier alpha value is -3.60. The number of nitrogen functional groups attached to an aromatic ring is 1. The maximum absolute atomic E-state index is 16.3. The Labute approximate surface area is 229 Å². The number of benzene rings is 1. The van der Waals surface area contributed by atoms with Crippen LogP contribution in [0.5, 0.6) is 5.75 Å². The van der Waals surface area contributed by atoms with E-state index in [1.165, 1.54) is 43.1 Å².